The summed E-state index contributed by atoms with van der Waals surface area (Å²) >= 11 is 0. The van der Waals surface area contributed by atoms with Crippen LogP contribution < -0.4 is 31.9 Å². The first kappa shape index (κ1) is 113. The molecule has 9 aliphatic rings. The van der Waals surface area contributed by atoms with E-state index >= 15 is 0 Å². The van der Waals surface area contributed by atoms with E-state index < -0.39 is 427 Å². The molecule has 60 heteroatoms. The van der Waals surface area contributed by atoms with Crippen molar-refractivity contribution in [3.8, 4) is 0 Å². The standard InChI is InChI=1S/C75H126N6O54/c1-19(91)76-25(8-82)42(100)58(28(99)10-84)128-68-40(80-23(5)95)51(109)60(34(16-90)124-68)130-71-57(115)63(61(131-66-38(78-21(3)93)49(107)44(102)29(11-85)120-66)36(127-71)17-118-72-64(54(112)46(104)31(13-87)122-72)133-67-39(79-22(4)94)50(108)45(103)30(12-86)121-67)132-73-65(55(113)47(105)32(14-88)123-73)134-69-41(81-24(6)96)52(110)59(33(15-89)125-69)129-70-56(114)53(111)48(106)35(126-70)18-119-75(74(116)117)7-26(97)37(77-20(2)92)62(135-75)43(101)27(98)9-83/h25-73,82-90,97-115H,7-18H2,1-6H3,(H,76,91)(H,77,92)(H,78,93)(H,79,94)(H,80,95)(H,81,96)(H,116,117)/t25-,26-,27+,28+,29+,30+,31+,32+,33+,34+,35+,36+,37+,38+,39+,40+,41+,42+,43+,44+,45+,46+,47+,48-,49+,50+,51+,52+,53-,54-,55-,56+,57-,58+,59+,60+,61+,62+,63+,64-,65-,66?,67?,68?,69?,70?,71?,72?,73?,75?/m0/s1. The Hall–Kier alpha value is -5.55. The van der Waals surface area contributed by atoms with Crippen LogP contribution in [0.2, 0.25) is 0 Å². The fourth-order valence-corrected chi connectivity index (χ4v) is 16.9. The molecule has 0 aromatic heterocycles. The summed E-state index contributed by atoms with van der Waals surface area (Å²) in [5.41, 5.74) is 0. The molecule has 0 aromatic rings. The molecule has 780 valence electrons. The molecule has 9 aliphatic heterocycles. The van der Waals surface area contributed by atoms with E-state index in [1.165, 1.54) is 0 Å². The topological polar surface area (TPSA) is 944 Å². The van der Waals surface area contributed by atoms with Crippen LogP contribution in [0.5, 0.6) is 0 Å². The molecule has 0 bridgehead atoms. The minimum atomic E-state index is -3.14. The Morgan fingerprint density at radius 1 is 0.333 bits per heavy atom. The number of carbonyl (C=O) groups is 7. The SMILES string of the molecule is CC(=O)N[C@H]1[C@H]([C@H](O)[C@H](O)CO)OC(OC[C@H]2OC(O[C@H]3[C@H](O)[C@@H](NC(C)=O)C(O[C@@H]4C(O[C@H]5[C@H](OC6O[C@H](CO)[C@@H](O)[C@H](O)[C@H]6NC(C)=O)[C@@H](COC6O[C@H](CO)[C@@H](O)[C@H](O)[C@@H]6OC6O[C@H](CO)[C@@H](O)[C@H](O)[C@H]6NC(C)=O)OC(O[C@H]6[C@H](O)[C@@H](NC(C)=O)C(O[C@@H]([C@H](O)[C@H](CO)NC(C)=O)[C@H](O)CO)O[C@@H]6CO)[C@H]5O)O[C@H](CO)[C@@H](O)[C@@H]4O)O[C@@H]3CO)[C@H](O)[C@@H](O)[C@H]2O)(C(=O)O)C[C@@H]1O. The summed E-state index contributed by atoms with van der Waals surface area (Å²) in [7, 11) is 0. The molecule has 60 nitrogen and oxygen atoms in total. The van der Waals surface area contributed by atoms with Crippen molar-refractivity contribution in [2.75, 3.05) is 72.7 Å². The van der Waals surface area contributed by atoms with Crippen LogP contribution in [0, 0.1) is 0 Å². The Balaban J connectivity index is 1.14. The van der Waals surface area contributed by atoms with E-state index in [1.807, 2.05) is 0 Å². The summed E-state index contributed by atoms with van der Waals surface area (Å²) in [4.78, 5) is 90.0. The van der Waals surface area contributed by atoms with Gasteiger partial charge in [0.15, 0.2) is 50.3 Å². The molecule has 35 N–H and O–H groups in total. The summed E-state index contributed by atoms with van der Waals surface area (Å²) in [5, 5.41) is 340. The molecule has 0 aromatic carbocycles. The monoisotopic (exact) mass is 1970 g/mol. The highest BCUT2D eigenvalue weighted by Crippen LogP contribution is 2.42. The molecule has 0 saturated carbocycles. The third kappa shape index (κ3) is 26.3. The zero-order chi connectivity index (χ0) is 100. The van der Waals surface area contributed by atoms with Gasteiger partial charge in [0, 0.05) is 48.0 Å². The molecule has 9 saturated heterocycles. The van der Waals surface area contributed by atoms with E-state index in [2.05, 4.69) is 31.9 Å². The summed E-state index contributed by atoms with van der Waals surface area (Å²) in [5.74, 6) is -11.1. The average Bonchev–Trinajstić information content (AvgIpc) is 0.765. The zero-order valence-corrected chi connectivity index (χ0v) is 73.0. The second kappa shape index (κ2) is 49.9. The van der Waals surface area contributed by atoms with Gasteiger partial charge in [0.1, 0.15) is 232 Å². The highest BCUT2D eigenvalue weighted by molar-refractivity contribution is 5.77. The number of carboxylic acid groups (broad SMARTS) is 1. The van der Waals surface area contributed by atoms with Gasteiger partial charge < -0.3 is 265 Å². The molecular weight excluding hydrogens is 1850 g/mol. The Labute approximate surface area is 764 Å². The third-order valence-electron chi connectivity index (χ3n) is 23.9. The molecule has 9 fully saturated rings. The highest BCUT2D eigenvalue weighted by Gasteiger charge is 2.63. The van der Waals surface area contributed by atoms with Crippen molar-refractivity contribution in [2.45, 2.75) is 354 Å². The Bertz CT molecular complexity index is 3760. The van der Waals surface area contributed by atoms with E-state index in [0.29, 0.717) is 0 Å². The van der Waals surface area contributed by atoms with Crippen molar-refractivity contribution in [1.82, 2.24) is 31.9 Å². The van der Waals surface area contributed by atoms with Gasteiger partial charge in [-0.3, -0.25) is 28.8 Å². The third-order valence-corrected chi connectivity index (χ3v) is 23.9. The lowest BCUT2D eigenvalue weighted by Crippen LogP contribution is -2.71. The van der Waals surface area contributed by atoms with Gasteiger partial charge in [-0.05, 0) is 0 Å². The fraction of sp³-hybridized carbons (Fsp3) is 0.907. The van der Waals surface area contributed by atoms with Gasteiger partial charge in [-0.25, -0.2) is 4.79 Å². The average molecular weight is 1980 g/mol. The van der Waals surface area contributed by atoms with Gasteiger partial charge in [0.05, 0.1) is 90.9 Å². The number of aliphatic carboxylic acids is 1. The second-order valence-electron chi connectivity index (χ2n) is 33.7. The van der Waals surface area contributed by atoms with Crippen LogP contribution in [0.1, 0.15) is 48.0 Å². The first-order chi connectivity index (χ1) is 63.6. The number of ether oxygens (including phenoxy) is 18. The molecular formula is C75H126N6O54. The fourth-order valence-electron chi connectivity index (χ4n) is 16.9. The van der Waals surface area contributed by atoms with Crippen LogP contribution in [0.4, 0.5) is 0 Å². The second-order valence-corrected chi connectivity index (χ2v) is 33.7. The lowest BCUT2D eigenvalue weighted by molar-refractivity contribution is -0.408. The molecule has 135 heavy (non-hydrogen) atoms. The molecule has 0 radical (unpaired) electrons. The van der Waals surface area contributed by atoms with Gasteiger partial charge in [-0.1, -0.05) is 0 Å². The van der Waals surface area contributed by atoms with Gasteiger partial charge in [0.2, 0.25) is 35.4 Å². The summed E-state index contributed by atoms with van der Waals surface area (Å²) in [6.07, 6.45) is -99.7. The van der Waals surface area contributed by atoms with Crippen LogP contribution >= 0.6 is 0 Å². The molecule has 50 atom stereocenters. The van der Waals surface area contributed by atoms with E-state index in [-0.39, 0.29) is 0 Å². The Kier molecular flexibility index (Phi) is 41.8. The van der Waals surface area contributed by atoms with Crippen LogP contribution in [0.3, 0.4) is 0 Å². The van der Waals surface area contributed by atoms with Crippen molar-refractivity contribution in [2.24, 2.45) is 0 Å². The lowest BCUT2D eigenvalue weighted by Gasteiger charge is -2.52. The molecule has 9 unspecified atom stereocenters. The molecule has 0 aliphatic carbocycles. The normalized spacial score (nSPS) is 43.9. The van der Waals surface area contributed by atoms with Gasteiger partial charge in [-0.15, -0.1) is 0 Å². The van der Waals surface area contributed by atoms with Crippen LogP contribution in [-0.4, -0.2) is 568 Å². The smallest absolute Gasteiger partial charge is 0.364 e. The maximum Gasteiger partial charge on any atom is 0.364 e. The van der Waals surface area contributed by atoms with Crippen molar-refractivity contribution >= 4 is 41.4 Å². The quantitative estimate of drug-likeness (QED) is 0.0270. The number of amides is 6. The molecule has 0 spiro atoms. The number of rotatable bonds is 41. The Morgan fingerprint density at radius 3 is 1.12 bits per heavy atom. The number of carbonyl (C=O) groups excluding carboxylic acids is 6. The maximum absolute atomic E-state index is 13.4. The number of carboxylic acids is 1. The zero-order valence-electron chi connectivity index (χ0n) is 73.0. The molecule has 6 amide bonds. The van der Waals surface area contributed by atoms with E-state index in [1.54, 1.807) is 0 Å². The van der Waals surface area contributed by atoms with E-state index in [0.717, 1.165) is 41.5 Å². The highest BCUT2D eigenvalue weighted by atomic mass is 16.8. The van der Waals surface area contributed by atoms with Crippen LogP contribution in [0.15, 0.2) is 0 Å². The van der Waals surface area contributed by atoms with Crippen molar-refractivity contribution in [3.05, 3.63) is 0 Å². The lowest BCUT2D eigenvalue weighted by atomic mass is 9.88. The van der Waals surface area contributed by atoms with Gasteiger partial charge in [-0.2, -0.15) is 0 Å². The van der Waals surface area contributed by atoms with E-state index in [9.17, 15) is 182 Å². The predicted molar refractivity (Wildman–Crippen MR) is 419 cm³/mol. The minimum absolute atomic E-state index is 0.832. The van der Waals surface area contributed by atoms with Crippen LogP contribution in [0.25, 0.3) is 0 Å². The number of nitrogens with one attached hydrogen (secondary N) is 6. The minimum Gasteiger partial charge on any atom is -0.477 e. The molecule has 9 heterocycles. The number of hydrogen-bond donors (Lipinski definition) is 35. The largest absolute Gasteiger partial charge is 0.477 e. The first-order valence-electron chi connectivity index (χ1n) is 42.7. The summed E-state index contributed by atoms with van der Waals surface area (Å²) < 4.78 is 110. The molecule has 9 rings (SSSR count). The van der Waals surface area contributed by atoms with Gasteiger partial charge in [0.25, 0.3) is 5.79 Å². The first-order valence-corrected chi connectivity index (χ1v) is 42.7. The van der Waals surface area contributed by atoms with Gasteiger partial charge >= 0.3 is 5.97 Å². The summed E-state index contributed by atoms with van der Waals surface area (Å²) in [6, 6.07) is -11.7. The van der Waals surface area contributed by atoms with Crippen molar-refractivity contribution < 1.29 is 267 Å². The van der Waals surface area contributed by atoms with E-state index in [4.69, 9.17) is 85.3 Å². The number of aliphatic hydroxyl groups excluding tert-OH is 28. The van der Waals surface area contributed by atoms with Crippen molar-refractivity contribution in [1.29, 1.82) is 0 Å². The number of hydrogen-bond acceptors (Lipinski definition) is 53. The summed E-state index contributed by atoms with van der Waals surface area (Å²) in [6.45, 7) is -8.22. The van der Waals surface area contributed by atoms with Crippen molar-refractivity contribution in [3.63, 3.8) is 0 Å². The predicted octanol–water partition coefficient (Wildman–Crippen LogP) is -23.1. The number of aliphatic hydroxyl groups is 28. The maximum atomic E-state index is 13.4. The Morgan fingerprint density at radius 2 is 0.689 bits per heavy atom. The van der Waals surface area contributed by atoms with Crippen LogP contribution in [-0.2, 0) is 119 Å².